The summed E-state index contributed by atoms with van der Waals surface area (Å²) in [7, 11) is 1.36. The summed E-state index contributed by atoms with van der Waals surface area (Å²) in [6, 6.07) is 1.60. The Bertz CT molecular complexity index is 1730. The Kier molecular flexibility index (Phi) is 22.1. The largest absolute Gasteiger partial charge is 0.493 e. The van der Waals surface area contributed by atoms with Crippen LogP contribution in [0.2, 0.25) is 0 Å². The third-order valence-electron chi connectivity index (χ3n) is 12.3. The molecule has 10 unspecified atom stereocenters. The Morgan fingerprint density at radius 3 is 2.14 bits per heavy atom. The smallest absolute Gasteiger partial charge is 0.367 e. The van der Waals surface area contributed by atoms with Gasteiger partial charge < -0.3 is 69.5 Å². The van der Waals surface area contributed by atoms with Crippen molar-refractivity contribution in [1.29, 1.82) is 0 Å². The summed E-state index contributed by atoms with van der Waals surface area (Å²) >= 11 is 0.771. The van der Waals surface area contributed by atoms with Crippen molar-refractivity contribution < 1.29 is 77.7 Å². The lowest BCUT2D eigenvalue weighted by molar-refractivity contribution is -0.385. The number of nitro groups is 1. The molecule has 21 nitrogen and oxygen atoms in total. The number of nitrogens with one attached hydrogen (secondary N) is 3. The molecule has 3 amide bonds. The van der Waals surface area contributed by atoms with Crippen LogP contribution in [-0.2, 0) is 43.8 Å². The van der Waals surface area contributed by atoms with Gasteiger partial charge in [-0.25, -0.2) is 4.79 Å². The van der Waals surface area contributed by atoms with Gasteiger partial charge in [0.15, 0.2) is 23.9 Å². The second-order valence-corrected chi connectivity index (χ2v) is 17.5. The van der Waals surface area contributed by atoms with Crippen LogP contribution in [0.3, 0.4) is 0 Å². The number of nitro benzene ring substituents is 1. The first kappa shape index (κ1) is 55.5. The number of rotatable bonds is 25. The van der Waals surface area contributed by atoms with E-state index in [1.807, 2.05) is 34.6 Å². The zero-order valence-electron chi connectivity index (χ0n) is 38.9. The monoisotopic (exact) mass is 946 g/mol. The highest BCUT2D eigenvalue weighted by Gasteiger charge is 2.56. The lowest BCUT2D eigenvalue weighted by atomic mass is 9.72. The number of aliphatic hydroxyl groups is 4. The molecule has 2 saturated heterocycles. The van der Waals surface area contributed by atoms with Crippen LogP contribution in [0.4, 0.5) is 10.5 Å². The minimum atomic E-state index is -1.80. The van der Waals surface area contributed by atoms with E-state index in [4.69, 9.17) is 33.2 Å². The highest BCUT2D eigenvalue weighted by molar-refractivity contribution is 8.12. The van der Waals surface area contributed by atoms with Gasteiger partial charge in [-0.3, -0.25) is 24.5 Å². The Morgan fingerprint density at radius 1 is 0.908 bits per heavy atom. The Hall–Kier alpha value is -3.87. The van der Waals surface area contributed by atoms with Crippen LogP contribution >= 0.6 is 11.8 Å². The van der Waals surface area contributed by atoms with Gasteiger partial charge in [0.05, 0.1) is 55.7 Å². The summed E-state index contributed by atoms with van der Waals surface area (Å²) in [6.45, 7) is 13.7. The van der Waals surface area contributed by atoms with E-state index in [2.05, 4.69) is 16.0 Å². The minimum absolute atomic E-state index is 0.00478. The number of hydrogen-bond donors (Lipinski definition) is 7. The molecular weight excluding hydrogens is 877 g/mol. The van der Waals surface area contributed by atoms with E-state index in [9.17, 15) is 49.7 Å². The van der Waals surface area contributed by atoms with Crippen LogP contribution < -0.4 is 25.4 Å². The van der Waals surface area contributed by atoms with E-state index in [1.165, 1.54) is 26.2 Å². The predicted octanol–water partition coefficient (Wildman–Crippen LogP) is 2.63. The first-order valence-corrected chi connectivity index (χ1v) is 23.1. The first-order chi connectivity index (χ1) is 30.8. The second kappa shape index (κ2) is 25.9. The SMILES string of the molecule is CCOC(=O)SCc1cc(OC)c(OCCCC(=O)NCCNC(=O)C2OC(OC3C(O)C(CO)OC(C(C)(CC)CC)C3NC(C)=O)C(O)C(O)C2OC(C)(CC)CC)cc1[N+](=O)[O-]. The number of carbonyl (C=O) groups excluding carboxylic acids is 4. The molecule has 0 bridgehead atoms. The Balaban J connectivity index is 1.70. The van der Waals surface area contributed by atoms with Gasteiger partial charge in [0.1, 0.15) is 36.6 Å². The van der Waals surface area contributed by atoms with Crippen LogP contribution in [0.5, 0.6) is 11.5 Å². The summed E-state index contributed by atoms with van der Waals surface area (Å²) in [6.07, 6.45) is -10.7. The molecule has 0 saturated carbocycles. The number of ether oxygens (including phenoxy) is 7. The summed E-state index contributed by atoms with van der Waals surface area (Å²) in [5.41, 5.74) is -1.46. The van der Waals surface area contributed by atoms with Crippen molar-refractivity contribution in [3.05, 3.63) is 27.8 Å². The molecule has 370 valence electrons. The molecule has 0 radical (unpaired) electrons. The fraction of sp³-hybridized carbons (Fsp3) is 0.767. The quantitative estimate of drug-likeness (QED) is 0.0321. The van der Waals surface area contributed by atoms with Gasteiger partial charge in [-0.2, -0.15) is 0 Å². The van der Waals surface area contributed by atoms with Crippen molar-refractivity contribution in [1.82, 2.24) is 16.0 Å². The number of benzene rings is 1. The van der Waals surface area contributed by atoms with Crippen LogP contribution in [0, 0.1) is 15.5 Å². The molecule has 2 aliphatic rings. The summed E-state index contributed by atoms with van der Waals surface area (Å²) in [4.78, 5) is 62.1. The molecule has 7 N–H and O–H groups in total. The summed E-state index contributed by atoms with van der Waals surface area (Å²) < 4.78 is 40.8. The molecule has 2 fully saturated rings. The van der Waals surface area contributed by atoms with Gasteiger partial charge in [0, 0.05) is 37.8 Å². The van der Waals surface area contributed by atoms with Crippen molar-refractivity contribution in [3.63, 3.8) is 0 Å². The molecule has 3 rings (SSSR count). The fourth-order valence-corrected chi connectivity index (χ4v) is 8.24. The highest BCUT2D eigenvalue weighted by atomic mass is 32.2. The molecule has 65 heavy (non-hydrogen) atoms. The van der Waals surface area contributed by atoms with E-state index in [0.29, 0.717) is 25.7 Å². The predicted molar refractivity (Wildman–Crippen MR) is 236 cm³/mol. The standard InChI is InChI=1S/C43H70N4O17S/c1-10-42(7,11-2)38-31(46-24(6)49)35(32(51)29(22-48)61-38)62-40-34(53)33(52)36(64-43(8,12-3)13-4)37(63-40)39(54)45-18-17-44-30(50)16-15-19-60-28-21-26(47(56)57)25(20-27(28)58-9)23-65-41(55)59-14-5/h20-21,29,31-38,40,48,51-53H,10-19,22-23H2,1-9H3,(H,44,50)(H,45,54)(H,46,49). The molecule has 22 heteroatoms. The van der Waals surface area contributed by atoms with Crippen molar-refractivity contribution in [2.24, 2.45) is 5.41 Å². The maximum atomic E-state index is 13.9. The number of carbonyl (C=O) groups is 4. The molecule has 1 aromatic rings. The van der Waals surface area contributed by atoms with Crippen molar-refractivity contribution >= 4 is 40.5 Å². The molecule has 2 heterocycles. The second-order valence-electron chi connectivity index (χ2n) is 16.6. The van der Waals surface area contributed by atoms with Crippen LogP contribution in [-0.4, -0.2) is 155 Å². The van der Waals surface area contributed by atoms with Gasteiger partial charge in [-0.15, -0.1) is 0 Å². The lowest BCUT2D eigenvalue weighted by Gasteiger charge is -2.52. The summed E-state index contributed by atoms with van der Waals surface area (Å²) in [5.74, 6) is -1.36. The van der Waals surface area contributed by atoms with Crippen molar-refractivity contribution in [3.8, 4) is 11.5 Å². The van der Waals surface area contributed by atoms with Crippen LogP contribution in [0.1, 0.15) is 99.5 Å². The zero-order chi connectivity index (χ0) is 48.6. The van der Waals surface area contributed by atoms with E-state index < -0.39 is 101 Å². The average molecular weight is 947 g/mol. The molecule has 10 atom stereocenters. The van der Waals surface area contributed by atoms with Crippen LogP contribution in [0.25, 0.3) is 0 Å². The van der Waals surface area contributed by atoms with Crippen molar-refractivity contribution in [2.75, 3.05) is 40.0 Å². The summed E-state index contributed by atoms with van der Waals surface area (Å²) in [5, 5.41) is 64.1. The first-order valence-electron chi connectivity index (χ1n) is 22.2. The normalized spacial score (nSPS) is 25.9. The van der Waals surface area contributed by atoms with Gasteiger partial charge >= 0.3 is 5.30 Å². The number of methoxy groups -OCH3 is 1. The van der Waals surface area contributed by atoms with E-state index >= 15 is 0 Å². The number of amides is 3. The number of nitrogens with zero attached hydrogens (tertiary/aromatic N) is 1. The Morgan fingerprint density at radius 2 is 1.57 bits per heavy atom. The van der Waals surface area contributed by atoms with E-state index in [0.717, 1.165) is 11.8 Å². The number of aliphatic hydroxyl groups excluding tert-OH is 4. The highest BCUT2D eigenvalue weighted by Crippen LogP contribution is 2.41. The molecule has 0 spiro atoms. The van der Waals surface area contributed by atoms with Crippen molar-refractivity contribution in [2.45, 2.75) is 166 Å². The lowest BCUT2D eigenvalue weighted by Crippen LogP contribution is -2.70. The maximum absolute atomic E-state index is 13.9. The zero-order valence-corrected chi connectivity index (χ0v) is 39.7. The molecule has 1 aromatic carbocycles. The maximum Gasteiger partial charge on any atom is 0.367 e. The number of hydrogen-bond acceptors (Lipinski definition) is 18. The molecule has 2 aliphatic heterocycles. The molecule has 0 aromatic heterocycles. The number of thioether (sulfide) groups is 1. The van der Waals surface area contributed by atoms with E-state index in [-0.39, 0.29) is 73.6 Å². The molecular formula is C43H70N4O17S. The van der Waals surface area contributed by atoms with Gasteiger partial charge in [0.25, 0.3) is 11.6 Å². The minimum Gasteiger partial charge on any atom is -0.493 e. The third kappa shape index (κ3) is 14.8. The van der Waals surface area contributed by atoms with Gasteiger partial charge in [0.2, 0.25) is 11.8 Å². The van der Waals surface area contributed by atoms with Gasteiger partial charge in [-0.1, -0.05) is 34.6 Å². The average Bonchev–Trinajstić information content (AvgIpc) is 3.28. The van der Waals surface area contributed by atoms with Crippen LogP contribution in [0.15, 0.2) is 12.1 Å². The van der Waals surface area contributed by atoms with Gasteiger partial charge in [-0.05, 0) is 69.2 Å². The van der Waals surface area contributed by atoms with E-state index in [1.54, 1.807) is 13.8 Å². The Labute approximate surface area is 384 Å². The third-order valence-corrected chi connectivity index (χ3v) is 13.1. The molecule has 0 aliphatic carbocycles. The topological polar surface area (TPSA) is 293 Å². The fourth-order valence-electron chi connectivity index (χ4n) is 7.54.